The van der Waals surface area contributed by atoms with Crippen LogP contribution in [0.4, 0.5) is 10.1 Å². The van der Waals surface area contributed by atoms with Crippen molar-refractivity contribution in [3.05, 3.63) is 29.0 Å². The number of para-hydroxylation sites is 1. The molecule has 0 aromatic heterocycles. The molecule has 0 saturated carbocycles. The van der Waals surface area contributed by atoms with Gasteiger partial charge in [-0.05, 0) is 25.0 Å². The van der Waals surface area contributed by atoms with Gasteiger partial charge in [0.15, 0.2) is 0 Å². The van der Waals surface area contributed by atoms with E-state index in [1.54, 1.807) is 13.8 Å². The molecule has 3 nitrogen and oxygen atoms in total. The molecule has 0 unspecified atom stereocenters. The number of amides is 1. The van der Waals surface area contributed by atoms with Crippen LogP contribution in [-0.4, -0.2) is 5.91 Å². The Labute approximate surface area is 111 Å². The van der Waals surface area contributed by atoms with Crippen molar-refractivity contribution >= 4 is 23.2 Å². The third kappa shape index (κ3) is 2.62. The van der Waals surface area contributed by atoms with Crippen molar-refractivity contribution in [3.63, 3.8) is 0 Å². The highest BCUT2D eigenvalue weighted by Crippen LogP contribution is 2.30. The van der Waals surface area contributed by atoms with E-state index in [0.717, 1.165) is 0 Å². The van der Waals surface area contributed by atoms with Gasteiger partial charge in [-0.25, -0.2) is 4.39 Å². The maximum absolute atomic E-state index is 13.5. The summed E-state index contributed by atoms with van der Waals surface area (Å²) in [5.74, 6) is -1.14. The van der Waals surface area contributed by atoms with Crippen molar-refractivity contribution in [1.29, 1.82) is 5.26 Å². The minimum absolute atomic E-state index is 0.0781. The van der Waals surface area contributed by atoms with Crippen LogP contribution >= 0.6 is 11.6 Å². The first-order valence-corrected chi connectivity index (χ1v) is 6.05. The standard InChI is InChI=1S/C13H14ClFN2O/c1-3-13(4-2,8-16)12(18)17-11-9(14)6-5-7-10(11)15/h5-7H,3-4H2,1-2H3,(H,17,18). The number of carbonyl (C=O) groups is 1. The van der Waals surface area contributed by atoms with Gasteiger partial charge in [0.25, 0.3) is 0 Å². The lowest BCUT2D eigenvalue weighted by Gasteiger charge is -2.22. The Kier molecular flexibility index (Phi) is 4.69. The van der Waals surface area contributed by atoms with Crippen molar-refractivity contribution in [2.45, 2.75) is 26.7 Å². The number of nitrogens with one attached hydrogen (secondary N) is 1. The molecular formula is C13H14ClFN2O. The Morgan fingerprint density at radius 2 is 2.11 bits per heavy atom. The Bertz CT molecular complexity index is 472. The highest BCUT2D eigenvalue weighted by molar-refractivity contribution is 6.33. The fraction of sp³-hybridized carbons (Fsp3) is 0.385. The van der Waals surface area contributed by atoms with Gasteiger partial charge < -0.3 is 5.32 Å². The molecule has 1 aromatic rings. The molecule has 0 bridgehead atoms. The number of halogens is 2. The molecule has 0 spiro atoms. The van der Waals surface area contributed by atoms with E-state index in [9.17, 15) is 9.18 Å². The summed E-state index contributed by atoms with van der Waals surface area (Å²) >= 11 is 5.82. The zero-order valence-corrected chi connectivity index (χ0v) is 11.0. The van der Waals surface area contributed by atoms with Gasteiger partial charge in [0.05, 0.1) is 16.8 Å². The zero-order valence-electron chi connectivity index (χ0n) is 10.3. The molecule has 0 saturated heterocycles. The van der Waals surface area contributed by atoms with Crippen molar-refractivity contribution in [2.75, 3.05) is 5.32 Å². The normalized spacial score (nSPS) is 10.8. The largest absolute Gasteiger partial charge is 0.321 e. The van der Waals surface area contributed by atoms with Crippen LogP contribution in [0.15, 0.2) is 18.2 Å². The van der Waals surface area contributed by atoms with E-state index in [0.29, 0.717) is 12.8 Å². The van der Waals surface area contributed by atoms with E-state index in [1.807, 2.05) is 6.07 Å². The monoisotopic (exact) mass is 268 g/mol. The van der Waals surface area contributed by atoms with Gasteiger partial charge in [-0.2, -0.15) is 5.26 Å². The first-order valence-electron chi connectivity index (χ1n) is 5.67. The van der Waals surface area contributed by atoms with E-state index in [-0.39, 0.29) is 10.7 Å². The molecule has 0 aliphatic carbocycles. The number of hydrogen-bond donors (Lipinski definition) is 1. The van der Waals surface area contributed by atoms with Crippen LogP contribution in [0.1, 0.15) is 26.7 Å². The molecule has 18 heavy (non-hydrogen) atoms. The lowest BCUT2D eigenvalue weighted by atomic mass is 9.83. The smallest absolute Gasteiger partial charge is 0.244 e. The van der Waals surface area contributed by atoms with Gasteiger partial charge in [-0.15, -0.1) is 0 Å². The van der Waals surface area contributed by atoms with Crippen molar-refractivity contribution in [3.8, 4) is 6.07 Å². The average Bonchev–Trinajstić information content (AvgIpc) is 2.37. The molecule has 0 aliphatic heterocycles. The second kappa shape index (κ2) is 5.83. The van der Waals surface area contributed by atoms with Crippen LogP contribution in [0.3, 0.4) is 0 Å². The maximum atomic E-state index is 13.5. The minimum Gasteiger partial charge on any atom is -0.321 e. The number of rotatable bonds is 4. The lowest BCUT2D eigenvalue weighted by molar-refractivity contribution is -0.123. The van der Waals surface area contributed by atoms with E-state index >= 15 is 0 Å². The number of benzene rings is 1. The second-order valence-electron chi connectivity index (χ2n) is 3.95. The topological polar surface area (TPSA) is 52.9 Å². The molecular weight excluding hydrogens is 255 g/mol. The fourth-order valence-electron chi connectivity index (χ4n) is 1.63. The first-order chi connectivity index (χ1) is 8.50. The van der Waals surface area contributed by atoms with Crippen LogP contribution in [0.5, 0.6) is 0 Å². The SMILES string of the molecule is CCC(C#N)(CC)C(=O)Nc1c(F)cccc1Cl. The molecule has 0 fully saturated rings. The van der Waals surface area contributed by atoms with Gasteiger partial charge in [0.2, 0.25) is 5.91 Å². The van der Waals surface area contributed by atoms with Crippen molar-refractivity contribution in [1.82, 2.24) is 0 Å². The molecule has 1 rings (SSSR count). The lowest BCUT2D eigenvalue weighted by Crippen LogP contribution is -2.34. The summed E-state index contributed by atoms with van der Waals surface area (Å²) in [6, 6.07) is 6.13. The van der Waals surface area contributed by atoms with Gasteiger partial charge in [0, 0.05) is 0 Å². The van der Waals surface area contributed by atoms with Crippen molar-refractivity contribution < 1.29 is 9.18 Å². The first kappa shape index (κ1) is 14.5. The summed E-state index contributed by atoms with van der Waals surface area (Å²) in [5, 5.41) is 11.6. The predicted octanol–water partition coefficient (Wildman–Crippen LogP) is 3.75. The molecule has 0 heterocycles. The third-order valence-electron chi connectivity index (χ3n) is 3.06. The van der Waals surface area contributed by atoms with Crippen LogP contribution in [0, 0.1) is 22.6 Å². The predicted molar refractivity (Wildman–Crippen MR) is 68.7 cm³/mol. The van der Waals surface area contributed by atoms with E-state index in [2.05, 4.69) is 5.32 Å². The molecule has 5 heteroatoms. The minimum atomic E-state index is -1.15. The summed E-state index contributed by atoms with van der Waals surface area (Å²) < 4.78 is 13.5. The third-order valence-corrected chi connectivity index (χ3v) is 3.37. The fourth-order valence-corrected chi connectivity index (χ4v) is 1.84. The Morgan fingerprint density at radius 3 is 2.56 bits per heavy atom. The van der Waals surface area contributed by atoms with Crippen LogP contribution in [-0.2, 0) is 4.79 Å². The number of nitrogens with zero attached hydrogens (tertiary/aromatic N) is 1. The van der Waals surface area contributed by atoms with E-state index in [4.69, 9.17) is 16.9 Å². The summed E-state index contributed by atoms with van der Waals surface area (Å²) in [5.41, 5.74) is -1.23. The summed E-state index contributed by atoms with van der Waals surface area (Å²) in [6.07, 6.45) is 0.718. The number of carbonyl (C=O) groups excluding carboxylic acids is 1. The summed E-state index contributed by atoms with van der Waals surface area (Å²) in [7, 11) is 0. The zero-order chi connectivity index (χ0) is 13.8. The van der Waals surface area contributed by atoms with Crippen molar-refractivity contribution in [2.24, 2.45) is 5.41 Å². The molecule has 1 N–H and O–H groups in total. The van der Waals surface area contributed by atoms with Gasteiger partial charge in [-0.3, -0.25) is 4.79 Å². The van der Waals surface area contributed by atoms with Crippen LogP contribution < -0.4 is 5.32 Å². The number of anilines is 1. The Morgan fingerprint density at radius 1 is 1.50 bits per heavy atom. The molecule has 1 aromatic carbocycles. The number of nitriles is 1. The van der Waals surface area contributed by atoms with Crippen LogP contribution in [0.25, 0.3) is 0 Å². The second-order valence-corrected chi connectivity index (χ2v) is 4.36. The highest BCUT2D eigenvalue weighted by Gasteiger charge is 2.35. The van der Waals surface area contributed by atoms with Crippen LogP contribution in [0.2, 0.25) is 5.02 Å². The van der Waals surface area contributed by atoms with E-state index < -0.39 is 17.1 Å². The van der Waals surface area contributed by atoms with Gasteiger partial charge in [0.1, 0.15) is 11.2 Å². The molecule has 0 aliphatic rings. The maximum Gasteiger partial charge on any atom is 0.244 e. The van der Waals surface area contributed by atoms with Gasteiger partial charge in [-0.1, -0.05) is 31.5 Å². The Balaban J connectivity index is 3.05. The summed E-state index contributed by atoms with van der Waals surface area (Å²) in [4.78, 5) is 12.1. The average molecular weight is 269 g/mol. The summed E-state index contributed by atoms with van der Waals surface area (Å²) in [6.45, 7) is 3.49. The molecule has 0 atom stereocenters. The Hall–Kier alpha value is -1.60. The number of hydrogen-bond acceptors (Lipinski definition) is 2. The molecule has 0 radical (unpaired) electrons. The molecule has 1 amide bonds. The highest BCUT2D eigenvalue weighted by atomic mass is 35.5. The quantitative estimate of drug-likeness (QED) is 0.904. The van der Waals surface area contributed by atoms with E-state index in [1.165, 1.54) is 18.2 Å². The molecule has 96 valence electrons. The van der Waals surface area contributed by atoms with Gasteiger partial charge >= 0.3 is 0 Å².